The monoisotopic (exact) mass is 221 g/mol. The molecule has 0 bridgehead atoms. The van der Waals surface area contributed by atoms with Gasteiger partial charge in [-0.1, -0.05) is 0 Å². The van der Waals surface area contributed by atoms with Crippen molar-refractivity contribution in [1.82, 2.24) is 0 Å². The number of amides is 1. The third-order valence-corrected chi connectivity index (χ3v) is 2.11. The molecule has 0 aliphatic carbocycles. The van der Waals surface area contributed by atoms with E-state index in [1.165, 1.54) is 13.8 Å². The van der Waals surface area contributed by atoms with Gasteiger partial charge in [0, 0.05) is 26.1 Å². The molecule has 0 saturated heterocycles. The molecule has 0 aliphatic heterocycles. The van der Waals surface area contributed by atoms with Crippen molar-refractivity contribution >= 4 is 17.6 Å². The molecule has 0 spiro atoms. The van der Waals surface area contributed by atoms with Crippen LogP contribution >= 0.6 is 0 Å². The normalized spacial score (nSPS) is 9.69. The van der Waals surface area contributed by atoms with E-state index in [4.69, 9.17) is 4.74 Å². The molecule has 0 unspecified atom stereocenters. The Morgan fingerprint density at radius 3 is 2.12 bits per heavy atom. The van der Waals surface area contributed by atoms with Gasteiger partial charge in [0.1, 0.15) is 5.75 Å². The molecule has 4 nitrogen and oxygen atoms in total. The number of nitrogens with zero attached hydrogens (tertiary/aromatic N) is 1. The van der Waals surface area contributed by atoms with Crippen molar-refractivity contribution in [2.24, 2.45) is 0 Å². The van der Waals surface area contributed by atoms with Crippen LogP contribution in [0.2, 0.25) is 0 Å². The molecule has 1 amide bonds. The van der Waals surface area contributed by atoms with E-state index in [1.54, 1.807) is 29.2 Å². The predicted octanol–water partition coefficient (Wildman–Crippen LogP) is 1.98. The molecular formula is C12H15NO3. The van der Waals surface area contributed by atoms with Gasteiger partial charge in [0.05, 0.1) is 0 Å². The summed E-state index contributed by atoms with van der Waals surface area (Å²) in [5, 5.41) is 0. The van der Waals surface area contributed by atoms with Crippen LogP contribution in [0.3, 0.4) is 0 Å². The molecular weight excluding hydrogens is 206 g/mol. The van der Waals surface area contributed by atoms with Crippen LogP contribution in [-0.2, 0) is 9.59 Å². The highest BCUT2D eigenvalue weighted by atomic mass is 16.5. The van der Waals surface area contributed by atoms with E-state index in [0.29, 0.717) is 12.3 Å². The van der Waals surface area contributed by atoms with Gasteiger partial charge in [0.15, 0.2) is 0 Å². The number of carbonyl (C=O) groups is 2. The molecule has 0 radical (unpaired) electrons. The first-order valence-corrected chi connectivity index (χ1v) is 5.11. The van der Waals surface area contributed by atoms with Gasteiger partial charge < -0.3 is 9.64 Å². The average molecular weight is 221 g/mol. The summed E-state index contributed by atoms with van der Waals surface area (Å²) in [6.45, 7) is 5.38. The molecule has 1 aromatic carbocycles. The first-order valence-electron chi connectivity index (χ1n) is 5.11. The van der Waals surface area contributed by atoms with Crippen LogP contribution in [0.1, 0.15) is 20.8 Å². The van der Waals surface area contributed by atoms with Gasteiger partial charge in [-0.05, 0) is 31.2 Å². The van der Waals surface area contributed by atoms with Crippen molar-refractivity contribution < 1.29 is 14.3 Å². The van der Waals surface area contributed by atoms with Gasteiger partial charge >= 0.3 is 5.97 Å². The highest BCUT2D eigenvalue weighted by Gasteiger charge is 2.08. The second-order valence-corrected chi connectivity index (χ2v) is 3.35. The summed E-state index contributed by atoms with van der Waals surface area (Å²) in [6, 6.07) is 6.84. The van der Waals surface area contributed by atoms with Crippen molar-refractivity contribution in [3.05, 3.63) is 24.3 Å². The van der Waals surface area contributed by atoms with E-state index in [1.807, 2.05) is 6.92 Å². The molecule has 0 N–H and O–H groups in total. The molecule has 4 heteroatoms. The Labute approximate surface area is 94.8 Å². The van der Waals surface area contributed by atoms with Crippen LogP contribution in [-0.4, -0.2) is 18.4 Å². The lowest BCUT2D eigenvalue weighted by Gasteiger charge is -2.19. The van der Waals surface area contributed by atoms with Crippen molar-refractivity contribution in [1.29, 1.82) is 0 Å². The van der Waals surface area contributed by atoms with Crippen LogP contribution in [0.4, 0.5) is 5.69 Å². The van der Waals surface area contributed by atoms with Crippen molar-refractivity contribution in [3.8, 4) is 5.75 Å². The van der Waals surface area contributed by atoms with Crippen LogP contribution < -0.4 is 9.64 Å². The van der Waals surface area contributed by atoms with Crippen molar-refractivity contribution in [2.75, 3.05) is 11.4 Å². The summed E-state index contributed by atoms with van der Waals surface area (Å²) in [6.07, 6.45) is 0. The van der Waals surface area contributed by atoms with E-state index in [0.717, 1.165) is 5.69 Å². The highest BCUT2D eigenvalue weighted by molar-refractivity contribution is 5.91. The Balaban J connectivity index is 2.85. The molecule has 16 heavy (non-hydrogen) atoms. The average Bonchev–Trinajstić information content (AvgIpc) is 2.20. The second-order valence-electron chi connectivity index (χ2n) is 3.35. The van der Waals surface area contributed by atoms with Crippen LogP contribution in [0, 0.1) is 0 Å². The molecule has 0 fully saturated rings. The number of benzene rings is 1. The standard InChI is InChI=1S/C12H15NO3/c1-4-13(9(2)14)11-5-7-12(8-6-11)16-10(3)15/h5-8H,4H2,1-3H3. The minimum absolute atomic E-state index is 0.0114. The van der Waals surface area contributed by atoms with E-state index in [9.17, 15) is 9.59 Å². The van der Waals surface area contributed by atoms with Gasteiger partial charge in [0.25, 0.3) is 0 Å². The second kappa shape index (κ2) is 5.30. The molecule has 1 rings (SSSR count). The number of ether oxygens (including phenoxy) is 1. The number of carbonyl (C=O) groups excluding carboxylic acids is 2. The van der Waals surface area contributed by atoms with Crippen molar-refractivity contribution in [3.63, 3.8) is 0 Å². The van der Waals surface area contributed by atoms with Gasteiger partial charge in [-0.2, -0.15) is 0 Å². The predicted molar refractivity (Wildman–Crippen MR) is 61.5 cm³/mol. The minimum Gasteiger partial charge on any atom is -0.427 e. The fourth-order valence-corrected chi connectivity index (χ4v) is 1.45. The lowest BCUT2D eigenvalue weighted by atomic mass is 10.2. The topological polar surface area (TPSA) is 46.6 Å². The number of hydrogen-bond donors (Lipinski definition) is 0. The maximum absolute atomic E-state index is 11.3. The Bertz CT molecular complexity index is 384. The zero-order valence-corrected chi connectivity index (χ0v) is 9.69. The van der Waals surface area contributed by atoms with Crippen LogP contribution in [0.25, 0.3) is 0 Å². The first kappa shape index (κ1) is 12.2. The van der Waals surface area contributed by atoms with Gasteiger partial charge in [-0.25, -0.2) is 0 Å². The summed E-state index contributed by atoms with van der Waals surface area (Å²) >= 11 is 0. The Morgan fingerprint density at radius 2 is 1.75 bits per heavy atom. The number of rotatable bonds is 3. The van der Waals surface area contributed by atoms with Gasteiger partial charge in [-0.3, -0.25) is 9.59 Å². The summed E-state index contributed by atoms with van der Waals surface area (Å²) in [5.74, 6) is 0.116. The zero-order valence-electron chi connectivity index (χ0n) is 9.69. The van der Waals surface area contributed by atoms with E-state index >= 15 is 0 Å². The summed E-state index contributed by atoms with van der Waals surface area (Å²) in [5.41, 5.74) is 0.797. The van der Waals surface area contributed by atoms with Gasteiger partial charge in [0.2, 0.25) is 5.91 Å². The fraction of sp³-hybridized carbons (Fsp3) is 0.333. The third-order valence-electron chi connectivity index (χ3n) is 2.11. The SMILES string of the molecule is CCN(C(C)=O)c1ccc(OC(C)=O)cc1. The molecule has 86 valence electrons. The summed E-state index contributed by atoms with van der Waals surface area (Å²) in [4.78, 5) is 23.6. The fourth-order valence-electron chi connectivity index (χ4n) is 1.45. The largest absolute Gasteiger partial charge is 0.427 e. The lowest BCUT2D eigenvalue weighted by Crippen LogP contribution is -2.27. The Morgan fingerprint density at radius 1 is 1.19 bits per heavy atom. The smallest absolute Gasteiger partial charge is 0.308 e. The maximum Gasteiger partial charge on any atom is 0.308 e. The highest BCUT2D eigenvalue weighted by Crippen LogP contribution is 2.19. The summed E-state index contributed by atoms with van der Waals surface area (Å²) < 4.78 is 4.90. The molecule has 0 atom stereocenters. The number of anilines is 1. The first-order chi connectivity index (χ1) is 7.54. The van der Waals surface area contributed by atoms with E-state index < -0.39 is 0 Å². The third kappa shape index (κ3) is 3.08. The van der Waals surface area contributed by atoms with E-state index in [-0.39, 0.29) is 11.9 Å². The lowest BCUT2D eigenvalue weighted by molar-refractivity contribution is -0.131. The van der Waals surface area contributed by atoms with Crippen molar-refractivity contribution in [2.45, 2.75) is 20.8 Å². The quantitative estimate of drug-likeness (QED) is 0.579. The maximum atomic E-state index is 11.3. The molecule has 0 heterocycles. The van der Waals surface area contributed by atoms with Gasteiger partial charge in [-0.15, -0.1) is 0 Å². The summed E-state index contributed by atoms with van der Waals surface area (Å²) in [7, 11) is 0. The van der Waals surface area contributed by atoms with E-state index in [2.05, 4.69) is 0 Å². The molecule has 0 aliphatic rings. The zero-order chi connectivity index (χ0) is 12.1. The minimum atomic E-state index is -0.355. The molecule has 0 aromatic heterocycles. The Kier molecular flexibility index (Phi) is 4.05. The number of hydrogen-bond acceptors (Lipinski definition) is 3. The Hall–Kier alpha value is -1.84. The van der Waals surface area contributed by atoms with Crippen LogP contribution in [0.15, 0.2) is 24.3 Å². The molecule has 0 saturated carbocycles. The molecule has 1 aromatic rings. The van der Waals surface area contributed by atoms with Crippen LogP contribution in [0.5, 0.6) is 5.75 Å². The number of esters is 1.